The average molecular weight is 512 g/mol. The molecule has 5 heteroatoms. The molecule has 1 fully saturated rings. The minimum Gasteiger partial charge on any atom is -0.462 e. The number of esters is 1. The highest BCUT2D eigenvalue weighted by Gasteiger charge is 2.28. The molecule has 1 aliphatic carbocycles. The molecule has 0 aliphatic heterocycles. The van der Waals surface area contributed by atoms with Gasteiger partial charge in [-0.3, -0.25) is 14.6 Å². The maximum absolute atomic E-state index is 12.3. The molecule has 2 rings (SSSR count). The fourth-order valence-electron chi connectivity index (χ4n) is 4.84. The third-order valence-corrected chi connectivity index (χ3v) is 7.25. The second-order valence-corrected chi connectivity index (χ2v) is 10.5. The number of aliphatic imine (C=N–C) groups is 1. The zero-order valence-corrected chi connectivity index (χ0v) is 23.2. The summed E-state index contributed by atoms with van der Waals surface area (Å²) in [5, 5.41) is 0. The number of ketones is 2. The van der Waals surface area contributed by atoms with E-state index in [9.17, 15) is 14.4 Å². The largest absolute Gasteiger partial charge is 0.462 e. The molecule has 1 aliphatic rings. The summed E-state index contributed by atoms with van der Waals surface area (Å²) in [5.41, 5.74) is 1.10. The molecule has 0 heterocycles. The SMILES string of the molecule is CCCCCCCCCCCCCCCCCCOC(=O)c1ccc(N=CC2C(=O)CCCC2=O)cc1. The van der Waals surface area contributed by atoms with Gasteiger partial charge in [0.05, 0.1) is 17.9 Å². The number of ether oxygens (including phenoxy) is 1. The monoisotopic (exact) mass is 511 g/mol. The van der Waals surface area contributed by atoms with Crippen molar-refractivity contribution in [3.63, 3.8) is 0 Å². The van der Waals surface area contributed by atoms with Gasteiger partial charge >= 0.3 is 5.97 Å². The number of hydrogen-bond donors (Lipinski definition) is 0. The zero-order valence-electron chi connectivity index (χ0n) is 23.2. The molecule has 0 aromatic heterocycles. The van der Waals surface area contributed by atoms with Crippen LogP contribution in [0, 0.1) is 5.92 Å². The van der Waals surface area contributed by atoms with E-state index in [-0.39, 0.29) is 17.5 Å². The number of nitrogens with zero attached hydrogens (tertiary/aromatic N) is 1. The van der Waals surface area contributed by atoms with Crippen molar-refractivity contribution in [3.05, 3.63) is 29.8 Å². The first kappa shape index (κ1) is 30.9. The molecule has 0 spiro atoms. The van der Waals surface area contributed by atoms with Crippen LogP contribution in [0.15, 0.2) is 29.3 Å². The first-order valence-corrected chi connectivity index (χ1v) is 15.0. The summed E-state index contributed by atoms with van der Waals surface area (Å²) in [5.74, 6) is -1.17. The van der Waals surface area contributed by atoms with Gasteiger partial charge in [-0.2, -0.15) is 0 Å². The summed E-state index contributed by atoms with van der Waals surface area (Å²) in [6.45, 7) is 2.72. The molecule has 1 aromatic carbocycles. The quantitative estimate of drug-likeness (QED) is 0.0759. The van der Waals surface area contributed by atoms with Crippen LogP contribution in [0.1, 0.15) is 139 Å². The van der Waals surface area contributed by atoms with Crippen LogP contribution in [0.2, 0.25) is 0 Å². The molecule has 1 aromatic rings. The Morgan fingerprint density at radius 1 is 0.757 bits per heavy atom. The van der Waals surface area contributed by atoms with Gasteiger partial charge in [0, 0.05) is 19.1 Å². The van der Waals surface area contributed by atoms with Crippen LogP contribution < -0.4 is 0 Å². The van der Waals surface area contributed by atoms with Gasteiger partial charge in [0.2, 0.25) is 0 Å². The van der Waals surface area contributed by atoms with Crippen molar-refractivity contribution in [2.45, 2.75) is 129 Å². The minimum atomic E-state index is -0.724. The van der Waals surface area contributed by atoms with Crippen LogP contribution in [0.25, 0.3) is 0 Å². The summed E-state index contributed by atoms with van der Waals surface area (Å²) in [6.07, 6.45) is 24.1. The Hall–Kier alpha value is -2.30. The lowest BCUT2D eigenvalue weighted by atomic mass is 9.87. The number of unbranched alkanes of at least 4 members (excludes halogenated alkanes) is 15. The summed E-state index contributed by atoms with van der Waals surface area (Å²) < 4.78 is 5.40. The zero-order chi connectivity index (χ0) is 26.6. The van der Waals surface area contributed by atoms with Gasteiger partial charge in [-0.1, -0.05) is 103 Å². The van der Waals surface area contributed by atoms with E-state index in [4.69, 9.17) is 4.74 Å². The van der Waals surface area contributed by atoms with E-state index in [1.165, 1.54) is 96.1 Å². The Morgan fingerprint density at radius 3 is 1.70 bits per heavy atom. The van der Waals surface area contributed by atoms with Crippen LogP contribution in [-0.2, 0) is 14.3 Å². The first-order chi connectivity index (χ1) is 18.1. The fourth-order valence-corrected chi connectivity index (χ4v) is 4.84. The molecule has 5 nitrogen and oxygen atoms in total. The van der Waals surface area contributed by atoms with E-state index < -0.39 is 5.92 Å². The Labute approximate surface area is 224 Å². The first-order valence-electron chi connectivity index (χ1n) is 15.0. The number of rotatable bonds is 20. The normalized spacial score (nSPS) is 14.5. The Bertz CT molecular complexity index is 799. The van der Waals surface area contributed by atoms with E-state index in [0.29, 0.717) is 37.1 Å². The average Bonchev–Trinajstić information content (AvgIpc) is 2.90. The third-order valence-electron chi connectivity index (χ3n) is 7.25. The van der Waals surface area contributed by atoms with E-state index in [1.807, 2.05) is 0 Å². The van der Waals surface area contributed by atoms with Crippen molar-refractivity contribution >= 4 is 29.4 Å². The molecule has 0 radical (unpaired) electrons. The summed E-state index contributed by atoms with van der Waals surface area (Å²) >= 11 is 0. The van der Waals surface area contributed by atoms with Crippen molar-refractivity contribution < 1.29 is 19.1 Å². The number of carbonyl (C=O) groups is 3. The molecular weight excluding hydrogens is 462 g/mol. The van der Waals surface area contributed by atoms with Gasteiger partial charge in [0.15, 0.2) is 0 Å². The second-order valence-electron chi connectivity index (χ2n) is 10.5. The predicted molar refractivity (Wildman–Crippen MR) is 152 cm³/mol. The van der Waals surface area contributed by atoms with Gasteiger partial charge in [0.25, 0.3) is 0 Å². The molecule has 0 bridgehead atoms. The third kappa shape index (κ3) is 13.7. The van der Waals surface area contributed by atoms with Gasteiger partial charge in [-0.05, 0) is 37.1 Å². The maximum Gasteiger partial charge on any atom is 0.338 e. The van der Waals surface area contributed by atoms with Crippen LogP contribution in [-0.4, -0.2) is 30.4 Å². The minimum absolute atomic E-state index is 0.0608. The Balaban J connectivity index is 1.44. The number of carbonyl (C=O) groups excluding carboxylic acids is 3. The predicted octanol–water partition coefficient (Wildman–Crippen LogP) is 8.75. The summed E-state index contributed by atoms with van der Waals surface area (Å²) in [6, 6.07) is 6.76. The molecule has 0 amide bonds. The lowest BCUT2D eigenvalue weighted by Crippen LogP contribution is -2.29. The standard InChI is InChI=1S/C32H49NO4/c1-2-3-4-5-6-7-8-9-10-11-12-13-14-15-16-17-25-37-32(36)27-21-23-28(24-22-27)33-26-29-30(34)19-18-20-31(29)35/h21-24,26,29H,2-20,25H2,1H3. The van der Waals surface area contributed by atoms with Crippen LogP contribution in [0.4, 0.5) is 5.69 Å². The summed E-state index contributed by atoms with van der Waals surface area (Å²) in [4.78, 5) is 40.3. The molecule has 1 saturated carbocycles. The molecule has 37 heavy (non-hydrogen) atoms. The highest BCUT2D eigenvalue weighted by molar-refractivity contribution is 6.16. The van der Waals surface area contributed by atoms with E-state index >= 15 is 0 Å². The molecule has 206 valence electrons. The number of benzene rings is 1. The smallest absolute Gasteiger partial charge is 0.338 e. The highest BCUT2D eigenvalue weighted by atomic mass is 16.5. The second kappa shape index (κ2) is 19.8. The van der Waals surface area contributed by atoms with Crippen molar-refractivity contribution in [2.75, 3.05) is 6.61 Å². The maximum atomic E-state index is 12.3. The summed E-state index contributed by atoms with van der Waals surface area (Å²) in [7, 11) is 0. The molecule has 0 saturated heterocycles. The molecule has 0 unspecified atom stereocenters. The number of hydrogen-bond acceptors (Lipinski definition) is 5. The highest BCUT2D eigenvalue weighted by Crippen LogP contribution is 2.19. The van der Waals surface area contributed by atoms with E-state index in [0.717, 1.165) is 12.8 Å². The van der Waals surface area contributed by atoms with E-state index in [2.05, 4.69) is 11.9 Å². The lowest BCUT2D eigenvalue weighted by Gasteiger charge is -2.14. The number of Topliss-reactive ketones (excluding diaryl/α,β-unsaturated/α-hetero) is 2. The van der Waals surface area contributed by atoms with E-state index in [1.54, 1.807) is 24.3 Å². The molecule has 0 N–H and O–H groups in total. The molecular formula is C32H49NO4. The van der Waals surface area contributed by atoms with Crippen molar-refractivity contribution in [1.29, 1.82) is 0 Å². The Kier molecular flexibility index (Phi) is 16.5. The van der Waals surface area contributed by atoms with Crippen LogP contribution in [0.3, 0.4) is 0 Å². The van der Waals surface area contributed by atoms with Crippen molar-refractivity contribution in [1.82, 2.24) is 0 Å². The lowest BCUT2D eigenvalue weighted by molar-refractivity contribution is -0.132. The van der Waals surface area contributed by atoms with Crippen molar-refractivity contribution in [3.8, 4) is 0 Å². The van der Waals surface area contributed by atoms with Gasteiger partial charge < -0.3 is 4.74 Å². The Morgan fingerprint density at radius 2 is 1.22 bits per heavy atom. The van der Waals surface area contributed by atoms with Gasteiger partial charge in [0.1, 0.15) is 17.5 Å². The van der Waals surface area contributed by atoms with Crippen molar-refractivity contribution in [2.24, 2.45) is 10.9 Å². The van der Waals surface area contributed by atoms with Crippen LogP contribution in [0.5, 0.6) is 0 Å². The van der Waals surface area contributed by atoms with Gasteiger partial charge in [-0.25, -0.2) is 4.79 Å². The molecule has 0 atom stereocenters. The topological polar surface area (TPSA) is 72.8 Å². The fraction of sp³-hybridized carbons (Fsp3) is 0.688. The van der Waals surface area contributed by atoms with Crippen LogP contribution >= 0.6 is 0 Å². The van der Waals surface area contributed by atoms with Gasteiger partial charge in [-0.15, -0.1) is 0 Å².